The van der Waals surface area contributed by atoms with Gasteiger partial charge in [0.25, 0.3) is 0 Å². The number of alkyl carbamates (subject to hydrolysis) is 1. The third-order valence-corrected chi connectivity index (χ3v) is 10.8. The van der Waals surface area contributed by atoms with Crippen molar-refractivity contribution < 1.29 is 28.2 Å². The van der Waals surface area contributed by atoms with Gasteiger partial charge in [0.05, 0.1) is 49.0 Å². The highest BCUT2D eigenvalue weighted by Crippen LogP contribution is 2.34. The Morgan fingerprint density at radius 2 is 1.50 bits per heavy atom. The molecule has 13 nitrogen and oxygen atoms in total. The van der Waals surface area contributed by atoms with Crippen LogP contribution in [-0.2, 0) is 19.1 Å². The smallest absolute Gasteiger partial charge is 0.407 e. The maximum absolute atomic E-state index is 14.0. The van der Waals surface area contributed by atoms with Gasteiger partial charge in [-0.2, -0.15) is 0 Å². The number of halogens is 1. The highest BCUT2D eigenvalue weighted by molar-refractivity contribution is 5.86. The summed E-state index contributed by atoms with van der Waals surface area (Å²) in [7, 11) is 3.10. The Kier molecular flexibility index (Phi) is 11.7. The van der Waals surface area contributed by atoms with Crippen LogP contribution in [0.2, 0.25) is 0 Å². The molecule has 3 amide bonds. The standard InChI is InChI=1S/C40H49FN8O5/c1-48-24-29(41)21-35(48)39(51)49-18-6-8-34(49)37-43-23-33(45-37)28-15-11-26(12-16-28)25-9-13-27(14-10-25)32-22-42-36(44-32)30-17-20-54-19-5-3-4-7-31(38(50)46-30)47-40(52)53-2/h9-16,22-23,29-31,34-35H,3-8,17-21,24H2,1-2H3,(H,42,44)(H,43,45)(H,46,50)(H,47,52)/t29-,30-,31-,34-,35-/m0/s1. The lowest BCUT2D eigenvalue weighted by atomic mass is 10.0. The van der Waals surface area contributed by atoms with E-state index in [4.69, 9.17) is 9.47 Å². The Bertz CT molecular complexity index is 1900. The summed E-state index contributed by atoms with van der Waals surface area (Å²) < 4.78 is 24.6. The van der Waals surface area contributed by atoms with Crippen molar-refractivity contribution in [3.8, 4) is 33.6 Å². The second kappa shape index (κ2) is 16.9. The molecule has 4 N–H and O–H groups in total. The van der Waals surface area contributed by atoms with Crippen molar-refractivity contribution in [2.24, 2.45) is 0 Å². The fourth-order valence-corrected chi connectivity index (χ4v) is 7.78. The fourth-order valence-electron chi connectivity index (χ4n) is 7.78. The lowest BCUT2D eigenvalue weighted by Gasteiger charge is -2.28. The SMILES string of the molecule is COC(=O)N[C@H]1CCCCCOCC[C@@H](c2ncc(-c3ccc(-c4ccc(-c5cnc([C@@H]6CCCN6C(=O)[C@@H]6C[C@H](F)CN6C)[nH]5)cc4)cc3)[nH]2)NC1=O. The number of H-pyrrole nitrogens is 2. The van der Waals surface area contributed by atoms with Crippen molar-refractivity contribution >= 4 is 17.9 Å². The number of likely N-dealkylation sites (tertiary alicyclic amines) is 2. The summed E-state index contributed by atoms with van der Waals surface area (Å²) in [4.78, 5) is 58.4. The van der Waals surface area contributed by atoms with Crippen LogP contribution in [0.3, 0.4) is 0 Å². The van der Waals surface area contributed by atoms with Gasteiger partial charge < -0.3 is 35.0 Å². The molecule has 0 saturated carbocycles. The summed E-state index contributed by atoms with van der Waals surface area (Å²) in [6.07, 6.45) is 7.54. The largest absolute Gasteiger partial charge is 0.453 e. The van der Waals surface area contributed by atoms with Crippen LogP contribution in [0.5, 0.6) is 0 Å². The predicted molar refractivity (Wildman–Crippen MR) is 201 cm³/mol. The molecule has 286 valence electrons. The third kappa shape index (κ3) is 8.49. The number of benzene rings is 2. The summed E-state index contributed by atoms with van der Waals surface area (Å²) in [5, 5.41) is 5.73. The molecule has 0 aliphatic carbocycles. The molecule has 0 spiro atoms. The summed E-state index contributed by atoms with van der Waals surface area (Å²) in [6.45, 7) is 2.06. The van der Waals surface area contributed by atoms with E-state index in [0.29, 0.717) is 45.0 Å². The molecule has 3 aliphatic heterocycles. The Labute approximate surface area is 314 Å². The number of nitrogens with one attached hydrogen (secondary N) is 4. The van der Waals surface area contributed by atoms with Gasteiger partial charge in [-0.15, -0.1) is 0 Å². The predicted octanol–water partition coefficient (Wildman–Crippen LogP) is 5.70. The van der Waals surface area contributed by atoms with Crippen molar-refractivity contribution in [1.82, 2.24) is 40.4 Å². The van der Waals surface area contributed by atoms with Gasteiger partial charge in [-0.05, 0) is 61.4 Å². The molecule has 7 rings (SSSR count). The number of amides is 3. The molecule has 3 saturated heterocycles. The van der Waals surface area contributed by atoms with E-state index in [2.05, 4.69) is 67.0 Å². The number of methoxy groups -OCH3 is 1. The van der Waals surface area contributed by atoms with E-state index in [1.807, 2.05) is 35.2 Å². The lowest BCUT2D eigenvalue weighted by Crippen LogP contribution is -2.48. The highest BCUT2D eigenvalue weighted by atomic mass is 19.1. The van der Waals surface area contributed by atoms with E-state index in [-0.39, 0.29) is 24.3 Å². The van der Waals surface area contributed by atoms with Crippen LogP contribution >= 0.6 is 0 Å². The first-order valence-electron chi connectivity index (χ1n) is 19.0. The number of ether oxygens (including phenoxy) is 2. The topological polar surface area (TPSA) is 158 Å². The van der Waals surface area contributed by atoms with Crippen LogP contribution in [0.25, 0.3) is 33.6 Å². The average Bonchev–Trinajstić information content (AvgIpc) is 4.01. The van der Waals surface area contributed by atoms with Crippen LogP contribution in [-0.4, -0.2) is 106 Å². The fraction of sp³-hybridized carbons (Fsp3) is 0.475. The van der Waals surface area contributed by atoms with Crippen LogP contribution in [0.4, 0.5) is 9.18 Å². The van der Waals surface area contributed by atoms with E-state index < -0.39 is 30.4 Å². The number of nitrogens with zero attached hydrogens (tertiary/aromatic N) is 4. The minimum Gasteiger partial charge on any atom is -0.453 e. The monoisotopic (exact) mass is 740 g/mol. The minimum atomic E-state index is -0.965. The van der Waals surface area contributed by atoms with Crippen LogP contribution in [0.15, 0.2) is 60.9 Å². The zero-order valence-electron chi connectivity index (χ0n) is 30.9. The van der Waals surface area contributed by atoms with Crippen molar-refractivity contribution in [3.63, 3.8) is 0 Å². The van der Waals surface area contributed by atoms with Gasteiger partial charge in [0.2, 0.25) is 11.8 Å². The maximum atomic E-state index is 14.0. The Morgan fingerprint density at radius 1 is 0.852 bits per heavy atom. The molecule has 5 heterocycles. The van der Waals surface area contributed by atoms with Gasteiger partial charge >= 0.3 is 6.09 Å². The lowest BCUT2D eigenvalue weighted by molar-refractivity contribution is -0.136. The molecule has 2 aromatic carbocycles. The Morgan fingerprint density at radius 3 is 2.15 bits per heavy atom. The van der Waals surface area contributed by atoms with Crippen LogP contribution < -0.4 is 10.6 Å². The number of carbonyl (C=O) groups excluding carboxylic acids is 3. The van der Waals surface area contributed by atoms with Gasteiger partial charge in [0.15, 0.2) is 0 Å². The van der Waals surface area contributed by atoms with Crippen molar-refractivity contribution in [2.45, 2.75) is 81.7 Å². The van der Waals surface area contributed by atoms with Gasteiger partial charge in [-0.25, -0.2) is 19.2 Å². The van der Waals surface area contributed by atoms with E-state index in [9.17, 15) is 18.8 Å². The van der Waals surface area contributed by atoms with Gasteiger partial charge in [-0.1, -0.05) is 61.4 Å². The van der Waals surface area contributed by atoms with E-state index in [1.54, 1.807) is 6.20 Å². The maximum Gasteiger partial charge on any atom is 0.407 e. The first-order valence-corrected chi connectivity index (χ1v) is 19.0. The van der Waals surface area contributed by atoms with E-state index >= 15 is 0 Å². The molecular formula is C40H49FN8O5. The molecule has 4 aromatic rings. The normalized spacial score (nSPS) is 24.4. The van der Waals surface area contributed by atoms with Crippen LogP contribution in [0.1, 0.15) is 75.1 Å². The number of imidazole rings is 2. The second-order valence-corrected chi connectivity index (χ2v) is 14.5. The van der Waals surface area contributed by atoms with E-state index in [0.717, 1.165) is 71.6 Å². The average molecular weight is 741 g/mol. The summed E-state index contributed by atoms with van der Waals surface area (Å²) >= 11 is 0. The number of likely N-dealkylation sites (N-methyl/N-ethyl adjacent to an activating group) is 1. The summed E-state index contributed by atoms with van der Waals surface area (Å²) in [5.74, 6) is 1.07. The quantitative estimate of drug-likeness (QED) is 0.188. The van der Waals surface area contributed by atoms with E-state index in [1.165, 1.54) is 7.11 Å². The molecule has 0 bridgehead atoms. The third-order valence-electron chi connectivity index (χ3n) is 10.8. The van der Waals surface area contributed by atoms with Crippen molar-refractivity contribution in [1.29, 1.82) is 0 Å². The van der Waals surface area contributed by atoms with Crippen molar-refractivity contribution in [3.05, 3.63) is 72.6 Å². The number of carbonyl (C=O) groups is 3. The van der Waals surface area contributed by atoms with Crippen molar-refractivity contribution in [2.75, 3.05) is 40.5 Å². The van der Waals surface area contributed by atoms with Gasteiger partial charge in [0, 0.05) is 32.7 Å². The van der Waals surface area contributed by atoms with Gasteiger partial charge in [0.1, 0.15) is 23.9 Å². The number of hydrogen-bond donors (Lipinski definition) is 4. The molecule has 54 heavy (non-hydrogen) atoms. The molecule has 2 aromatic heterocycles. The second-order valence-electron chi connectivity index (χ2n) is 14.5. The molecule has 0 unspecified atom stereocenters. The zero-order valence-corrected chi connectivity index (χ0v) is 30.9. The highest BCUT2D eigenvalue weighted by Gasteiger charge is 2.41. The zero-order chi connectivity index (χ0) is 37.6. The van der Waals surface area contributed by atoms with Crippen LogP contribution in [0, 0.1) is 0 Å². The first-order chi connectivity index (χ1) is 26.3. The number of alkyl halides is 1. The molecule has 0 radical (unpaired) electrons. The van der Waals surface area contributed by atoms with Gasteiger partial charge in [-0.3, -0.25) is 14.5 Å². The molecule has 14 heteroatoms. The summed E-state index contributed by atoms with van der Waals surface area (Å²) in [5.41, 5.74) is 5.74. The Balaban J connectivity index is 0.998. The molecule has 3 aliphatic rings. The molecular weight excluding hydrogens is 691 g/mol. The summed E-state index contributed by atoms with van der Waals surface area (Å²) in [6, 6.07) is 14.8. The molecule has 5 atom stereocenters. The first kappa shape index (κ1) is 37.2. The number of rotatable bonds is 7. The Hall–Kier alpha value is -5.08. The number of aromatic nitrogens is 4. The number of hydrogen-bond acceptors (Lipinski definition) is 8. The molecule has 3 fully saturated rings. The minimum absolute atomic E-state index is 0.0130. The number of aromatic amines is 2.